The van der Waals surface area contributed by atoms with Crippen LogP contribution in [0.25, 0.3) is 0 Å². The normalized spacial score (nSPS) is 10.6. The minimum atomic E-state index is -0.660. The van der Waals surface area contributed by atoms with Crippen LogP contribution in [0.15, 0.2) is 42.5 Å². The van der Waals surface area contributed by atoms with Gasteiger partial charge < -0.3 is 15.4 Å². The van der Waals surface area contributed by atoms with E-state index in [9.17, 15) is 14.4 Å². The molecule has 30 heavy (non-hydrogen) atoms. The van der Waals surface area contributed by atoms with Crippen LogP contribution >= 0.6 is 0 Å². The van der Waals surface area contributed by atoms with Gasteiger partial charge in [0.2, 0.25) is 0 Å². The maximum Gasteiger partial charge on any atom is 0.325 e. The van der Waals surface area contributed by atoms with Crippen molar-refractivity contribution in [2.24, 2.45) is 0 Å². The van der Waals surface area contributed by atoms with E-state index in [0.717, 1.165) is 16.7 Å². The van der Waals surface area contributed by atoms with Crippen LogP contribution in [0.1, 0.15) is 52.4 Å². The Balaban J connectivity index is 1.65. The van der Waals surface area contributed by atoms with Gasteiger partial charge in [-0.3, -0.25) is 14.4 Å². The predicted octanol–water partition coefficient (Wildman–Crippen LogP) is 3.06. The average molecular weight is 411 g/mol. The molecule has 0 spiro atoms. The van der Waals surface area contributed by atoms with Gasteiger partial charge in [0.05, 0.1) is 0 Å². The first kappa shape index (κ1) is 23.1. The number of aryl methyl sites for hydroxylation is 2. The summed E-state index contributed by atoms with van der Waals surface area (Å²) < 4.78 is 4.92. The Hall–Kier alpha value is -3.15. The van der Waals surface area contributed by atoms with E-state index in [1.807, 2.05) is 19.9 Å². The molecule has 0 bridgehead atoms. The standard InChI is InChI=1S/C24H30N2O4/c1-16(2)20-7-5-19(6-8-20)9-10-25-22(27)15-30-23(28)14-26-24(29)21-12-17(3)11-18(4)13-21/h5-8,11-13,16H,9-10,14-15H2,1-4H3,(H,25,27)(H,26,29). The zero-order valence-corrected chi connectivity index (χ0v) is 18.1. The number of carbonyl (C=O) groups is 3. The van der Waals surface area contributed by atoms with Crippen molar-refractivity contribution < 1.29 is 19.1 Å². The van der Waals surface area contributed by atoms with Crippen LogP contribution in [0, 0.1) is 13.8 Å². The van der Waals surface area contributed by atoms with Crippen molar-refractivity contribution in [1.82, 2.24) is 10.6 Å². The number of nitrogens with one attached hydrogen (secondary N) is 2. The van der Waals surface area contributed by atoms with E-state index in [1.165, 1.54) is 5.56 Å². The molecule has 0 aliphatic heterocycles. The molecule has 0 fully saturated rings. The van der Waals surface area contributed by atoms with Crippen LogP contribution in [0.2, 0.25) is 0 Å². The lowest BCUT2D eigenvalue weighted by Gasteiger charge is -2.09. The SMILES string of the molecule is Cc1cc(C)cc(C(=O)NCC(=O)OCC(=O)NCCc2ccc(C(C)C)cc2)c1. The summed E-state index contributed by atoms with van der Waals surface area (Å²) in [6.07, 6.45) is 0.698. The maximum absolute atomic E-state index is 12.1. The molecule has 6 nitrogen and oxygen atoms in total. The van der Waals surface area contributed by atoms with Crippen molar-refractivity contribution in [2.45, 2.75) is 40.0 Å². The monoisotopic (exact) mass is 410 g/mol. The van der Waals surface area contributed by atoms with Gasteiger partial charge in [-0.1, -0.05) is 55.3 Å². The van der Waals surface area contributed by atoms with E-state index in [0.29, 0.717) is 24.4 Å². The van der Waals surface area contributed by atoms with Gasteiger partial charge in [0.15, 0.2) is 6.61 Å². The number of esters is 1. The van der Waals surface area contributed by atoms with Crippen molar-refractivity contribution >= 4 is 17.8 Å². The number of ether oxygens (including phenoxy) is 1. The van der Waals surface area contributed by atoms with Gasteiger partial charge >= 0.3 is 5.97 Å². The van der Waals surface area contributed by atoms with Crippen LogP contribution in [0.4, 0.5) is 0 Å². The Morgan fingerprint density at radius 2 is 1.57 bits per heavy atom. The highest BCUT2D eigenvalue weighted by Crippen LogP contribution is 2.14. The van der Waals surface area contributed by atoms with Gasteiger partial charge in [0, 0.05) is 12.1 Å². The van der Waals surface area contributed by atoms with Crippen molar-refractivity contribution in [2.75, 3.05) is 19.7 Å². The summed E-state index contributed by atoms with van der Waals surface area (Å²) in [7, 11) is 0. The molecule has 0 saturated heterocycles. The molecular weight excluding hydrogens is 380 g/mol. The number of amides is 2. The quantitative estimate of drug-likeness (QED) is 0.623. The minimum absolute atomic E-state index is 0.290. The zero-order valence-electron chi connectivity index (χ0n) is 18.1. The van der Waals surface area contributed by atoms with E-state index in [2.05, 4.69) is 48.7 Å². The summed E-state index contributed by atoms with van der Waals surface area (Å²) in [5.74, 6) is -0.902. The van der Waals surface area contributed by atoms with Crippen molar-refractivity contribution in [3.8, 4) is 0 Å². The van der Waals surface area contributed by atoms with Gasteiger partial charge in [-0.25, -0.2) is 0 Å². The van der Waals surface area contributed by atoms with Crippen LogP contribution in [0.3, 0.4) is 0 Å². The second-order valence-corrected chi connectivity index (χ2v) is 7.72. The Bertz CT molecular complexity index is 868. The first-order valence-corrected chi connectivity index (χ1v) is 10.1. The zero-order chi connectivity index (χ0) is 22.1. The van der Waals surface area contributed by atoms with E-state index in [1.54, 1.807) is 12.1 Å². The second-order valence-electron chi connectivity index (χ2n) is 7.72. The molecule has 0 unspecified atom stereocenters. The smallest absolute Gasteiger partial charge is 0.325 e. The van der Waals surface area contributed by atoms with Crippen LogP contribution in [0.5, 0.6) is 0 Å². The lowest BCUT2D eigenvalue weighted by atomic mass is 10.0. The first-order chi connectivity index (χ1) is 14.2. The molecule has 2 N–H and O–H groups in total. The highest BCUT2D eigenvalue weighted by Gasteiger charge is 2.11. The molecule has 0 saturated carbocycles. The highest BCUT2D eigenvalue weighted by atomic mass is 16.5. The minimum Gasteiger partial charge on any atom is -0.454 e. The van der Waals surface area contributed by atoms with E-state index in [-0.39, 0.29) is 25.0 Å². The molecule has 6 heteroatoms. The summed E-state index contributed by atoms with van der Waals surface area (Å²) >= 11 is 0. The van der Waals surface area contributed by atoms with Crippen molar-refractivity contribution in [3.63, 3.8) is 0 Å². The molecule has 2 aromatic rings. The number of hydrogen-bond acceptors (Lipinski definition) is 4. The molecular formula is C24H30N2O4. The first-order valence-electron chi connectivity index (χ1n) is 10.1. The summed E-state index contributed by atoms with van der Waals surface area (Å²) in [4.78, 5) is 35.8. The van der Waals surface area contributed by atoms with Gasteiger partial charge in [-0.2, -0.15) is 0 Å². The number of hydrogen-bond donors (Lipinski definition) is 2. The number of carbonyl (C=O) groups excluding carboxylic acids is 3. The van der Waals surface area contributed by atoms with Crippen molar-refractivity contribution in [1.29, 1.82) is 0 Å². The maximum atomic E-state index is 12.1. The summed E-state index contributed by atoms with van der Waals surface area (Å²) in [5, 5.41) is 5.23. The molecule has 2 amide bonds. The van der Waals surface area contributed by atoms with Crippen LogP contribution in [-0.2, 0) is 20.7 Å². The molecule has 0 radical (unpaired) electrons. The summed E-state index contributed by atoms with van der Waals surface area (Å²) in [6.45, 7) is 7.89. The molecule has 0 atom stereocenters. The fraction of sp³-hybridized carbons (Fsp3) is 0.375. The van der Waals surface area contributed by atoms with E-state index >= 15 is 0 Å². The van der Waals surface area contributed by atoms with Crippen molar-refractivity contribution in [3.05, 3.63) is 70.3 Å². The number of benzene rings is 2. The van der Waals surface area contributed by atoms with E-state index < -0.39 is 5.97 Å². The Labute approximate surface area is 178 Å². The molecule has 160 valence electrons. The summed E-state index contributed by atoms with van der Waals surface area (Å²) in [6, 6.07) is 13.8. The Kier molecular flexibility index (Phi) is 8.59. The average Bonchev–Trinajstić information content (AvgIpc) is 2.70. The van der Waals surface area contributed by atoms with Gasteiger partial charge in [-0.15, -0.1) is 0 Å². The molecule has 2 aromatic carbocycles. The third-order valence-electron chi connectivity index (χ3n) is 4.62. The molecule has 0 aromatic heterocycles. The largest absolute Gasteiger partial charge is 0.454 e. The molecule has 2 rings (SSSR count). The fourth-order valence-electron chi connectivity index (χ4n) is 3.02. The number of rotatable bonds is 9. The third-order valence-corrected chi connectivity index (χ3v) is 4.62. The summed E-state index contributed by atoms with van der Waals surface area (Å²) in [5.41, 5.74) is 4.83. The molecule has 0 aliphatic rings. The van der Waals surface area contributed by atoms with Gasteiger partial charge in [0.1, 0.15) is 6.54 Å². The third kappa shape index (κ3) is 7.70. The fourth-order valence-corrected chi connectivity index (χ4v) is 3.02. The van der Waals surface area contributed by atoms with Gasteiger partial charge in [-0.05, 0) is 49.4 Å². The Morgan fingerprint density at radius 3 is 2.17 bits per heavy atom. The lowest BCUT2D eigenvalue weighted by Crippen LogP contribution is -2.34. The highest BCUT2D eigenvalue weighted by molar-refractivity contribution is 5.96. The lowest BCUT2D eigenvalue weighted by molar-refractivity contribution is -0.147. The van der Waals surface area contributed by atoms with Crippen LogP contribution in [-0.4, -0.2) is 37.5 Å². The van der Waals surface area contributed by atoms with Crippen LogP contribution < -0.4 is 10.6 Å². The van der Waals surface area contributed by atoms with Gasteiger partial charge in [0.25, 0.3) is 11.8 Å². The topological polar surface area (TPSA) is 84.5 Å². The predicted molar refractivity (Wildman–Crippen MR) is 116 cm³/mol. The molecule has 0 aliphatic carbocycles. The molecule has 0 heterocycles. The Morgan fingerprint density at radius 1 is 0.933 bits per heavy atom. The van der Waals surface area contributed by atoms with E-state index in [4.69, 9.17) is 4.74 Å². The second kappa shape index (κ2) is 11.1.